The molecule has 1 saturated heterocycles. The third kappa shape index (κ3) is 4.87. The molecule has 1 N–H and O–H groups in total. The number of aromatic nitrogens is 1. The van der Waals surface area contributed by atoms with Crippen LogP contribution < -0.4 is 10.1 Å². The van der Waals surface area contributed by atoms with Crippen molar-refractivity contribution in [2.75, 3.05) is 58.4 Å². The van der Waals surface area contributed by atoms with Crippen molar-refractivity contribution < 1.29 is 19.0 Å². The Bertz CT molecular complexity index is 775. The van der Waals surface area contributed by atoms with Crippen molar-refractivity contribution in [3.63, 3.8) is 0 Å². The average molecular weight is 373 g/mol. The molecule has 7 heteroatoms. The summed E-state index contributed by atoms with van der Waals surface area (Å²) in [6.45, 7) is 7.42. The summed E-state index contributed by atoms with van der Waals surface area (Å²) in [6, 6.07) is 5.65. The lowest BCUT2D eigenvalue weighted by Gasteiger charge is -2.26. The van der Waals surface area contributed by atoms with Gasteiger partial charge in [0.2, 0.25) is 0 Å². The maximum Gasteiger partial charge on any atom is 0.341 e. The molecule has 0 amide bonds. The van der Waals surface area contributed by atoms with E-state index in [-0.39, 0.29) is 5.97 Å². The standard InChI is InChI=1S/C20H27N3O4/c1-3-27-20(24)17-14-22-18-6-5-15(25-2)13-16(18)19(17)21-7-4-8-23-9-11-26-12-10-23/h5-6,13-14H,3-4,7-12H2,1-2H3,(H,21,22). The van der Waals surface area contributed by atoms with Crippen LogP contribution in [-0.2, 0) is 9.47 Å². The monoisotopic (exact) mass is 373 g/mol. The van der Waals surface area contributed by atoms with Crippen LogP contribution in [0, 0.1) is 0 Å². The van der Waals surface area contributed by atoms with Gasteiger partial charge in [-0.2, -0.15) is 0 Å². The quantitative estimate of drug-likeness (QED) is 0.563. The Hall–Kier alpha value is -2.38. The summed E-state index contributed by atoms with van der Waals surface area (Å²) >= 11 is 0. The van der Waals surface area contributed by atoms with E-state index in [0.717, 1.165) is 68.2 Å². The van der Waals surface area contributed by atoms with Crippen molar-refractivity contribution in [1.82, 2.24) is 9.88 Å². The maximum absolute atomic E-state index is 12.4. The first-order valence-electron chi connectivity index (χ1n) is 9.40. The fraction of sp³-hybridized carbons (Fsp3) is 0.500. The van der Waals surface area contributed by atoms with E-state index in [2.05, 4.69) is 15.2 Å². The minimum absolute atomic E-state index is 0.325. The number of rotatable bonds is 8. The molecule has 0 saturated carbocycles. The Labute approximate surface area is 159 Å². The fourth-order valence-corrected chi connectivity index (χ4v) is 3.19. The third-order valence-electron chi connectivity index (χ3n) is 4.63. The molecule has 1 aromatic heterocycles. The third-order valence-corrected chi connectivity index (χ3v) is 4.63. The van der Waals surface area contributed by atoms with E-state index < -0.39 is 0 Å². The highest BCUT2D eigenvalue weighted by Gasteiger charge is 2.17. The van der Waals surface area contributed by atoms with Crippen molar-refractivity contribution in [2.24, 2.45) is 0 Å². The Kier molecular flexibility index (Phi) is 6.84. The highest BCUT2D eigenvalue weighted by atomic mass is 16.5. The number of carbonyl (C=O) groups is 1. The van der Waals surface area contributed by atoms with Gasteiger partial charge < -0.3 is 19.5 Å². The number of carbonyl (C=O) groups excluding carboxylic acids is 1. The summed E-state index contributed by atoms with van der Waals surface area (Å²) in [7, 11) is 1.62. The molecular formula is C20H27N3O4. The van der Waals surface area contributed by atoms with E-state index >= 15 is 0 Å². The molecule has 0 spiro atoms. The molecule has 1 fully saturated rings. The predicted octanol–water partition coefficient (Wildman–Crippen LogP) is 2.55. The van der Waals surface area contributed by atoms with Crippen LogP contribution >= 0.6 is 0 Å². The number of nitrogens with one attached hydrogen (secondary N) is 1. The molecule has 1 aliphatic heterocycles. The Balaban J connectivity index is 1.78. The molecule has 0 unspecified atom stereocenters. The Morgan fingerprint density at radius 1 is 1.33 bits per heavy atom. The summed E-state index contributed by atoms with van der Waals surface area (Å²) in [5.74, 6) is 0.354. The van der Waals surface area contributed by atoms with Gasteiger partial charge in [-0.25, -0.2) is 4.79 Å². The molecule has 1 aromatic carbocycles. The van der Waals surface area contributed by atoms with E-state index in [9.17, 15) is 4.79 Å². The molecular weight excluding hydrogens is 346 g/mol. The molecule has 7 nitrogen and oxygen atoms in total. The second-order valence-electron chi connectivity index (χ2n) is 6.38. The highest BCUT2D eigenvalue weighted by molar-refractivity contribution is 6.05. The number of morpholine rings is 1. The number of pyridine rings is 1. The molecule has 0 atom stereocenters. The van der Waals surface area contributed by atoms with E-state index in [1.54, 1.807) is 20.2 Å². The van der Waals surface area contributed by atoms with Gasteiger partial charge in [0.1, 0.15) is 11.3 Å². The minimum atomic E-state index is -0.370. The molecule has 1 aliphatic rings. The number of methoxy groups -OCH3 is 1. The number of benzene rings is 1. The van der Waals surface area contributed by atoms with Gasteiger partial charge in [-0.05, 0) is 38.1 Å². The molecule has 0 bridgehead atoms. The van der Waals surface area contributed by atoms with Crippen LogP contribution in [0.1, 0.15) is 23.7 Å². The number of anilines is 1. The number of fused-ring (bicyclic) bond motifs is 1. The number of hydrogen-bond acceptors (Lipinski definition) is 7. The van der Waals surface area contributed by atoms with Crippen molar-refractivity contribution >= 4 is 22.6 Å². The van der Waals surface area contributed by atoms with Crippen molar-refractivity contribution in [1.29, 1.82) is 0 Å². The van der Waals surface area contributed by atoms with Crippen LogP contribution in [-0.4, -0.2) is 69.0 Å². The molecule has 2 aromatic rings. The molecule has 0 aliphatic carbocycles. The number of esters is 1. The lowest BCUT2D eigenvalue weighted by molar-refractivity contribution is 0.0378. The number of hydrogen-bond donors (Lipinski definition) is 1. The molecule has 0 radical (unpaired) electrons. The molecule has 2 heterocycles. The fourth-order valence-electron chi connectivity index (χ4n) is 3.19. The second kappa shape index (κ2) is 9.53. The lowest BCUT2D eigenvalue weighted by atomic mass is 10.1. The molecule has 27 heavy (non-hydrogen) atoms. The number of ether oxygens (including phenoxy) is 3. The van der Waals surface area contributed by atoms with Gasteiger partial charge in [-0.1, -0.05) is 0 Å². The van der Waals surface area contributed by atoms with E-state index in [4.69, 9.17) is 14.2 Å². The van der Waals surface area contributed by atoms with Gasteiger partial charge in [-0.3, -0.25) is 9.88 Å². The second-order valence-corrected chi connectivity index (χ2v) is 6.38. The van der Waals surface area contributed by atoms with Crippen LogP contribution in [0.4, 0.5) is 5.69 Å². The zero-order valence-corrected chi connectivity index (χ0v) is 16.0. The van der Waals surface area contributed by atoms with Gasteiger partial charge in [0.05, 0.1) is 38.1 Å². The highest BCUT2D eigenvalue weighted by Crippen LogP contribution is 2.29. The summed E-state index contributed by atoms with van der Waals surface area (Å²) in [5, 5.41) is 4.29. The van der Waals surface area contributed by atoms with E-state index in [0.29, 0.717) is 12.2 Å². The lowest BCUT2D eigenvalue weighted by Crippen LogP contribution is -2.37. The van der Waals surface area contributed by atoms with E-state index in [1.807, 2.05) is 18.2 Å². The van der Waals surface area contributed by atoms with Gasteiger partial charge >= 0.3 is 5.97 Å². The van der Waals surface area contributed by atoms with Gasteiger partial charge in [0.15, 0.2) is 0 Å². The maximum atomic E-state index is 12.4. The van der Waals surface area contributed by atoms with Crippen LogP contribution in [0.25, 0.3) is 10.9 Å². The first-order valence-corrected chi connectivity index (χ1v) is 9.40. The first-order chi connectivity index (χ1) is 13.2. The van der Waals surface area contributed by atoms with Crippen LogP contribution in [0.2, 0.25) is 0 Å². The van der Waals surface area contributed by atoms with Crippen LogP contribution in [0.3, 0.4) is 0 Å². The Morgan fingerprint density at radius 2 is 2.15 bits per heavy atom. The van der Waals surface area contributed by atoms with Crippen molar-refractivity contribution in [2.45, 2.75) is 13.3 Å². The number of nitrogens with zero attached hydrogens (tertiary/aromatic N) is 2. The normalized spacial score (nSPS) is 14.9. The van der Waals surface area contributed by atoms with E-state index in [1.165, 1.54) is 0 Å². The van der Waals surface area contributed by atoms with Crippen molar-refractivity contribution in [3.8, 4) is 5.75 Å². The summed E-state index contributed by atoms with van der Waals surface area (Å²) in [5.41, 5.74) is 2.00. The SMILES string of the molecule is CCOC(=O)c1cnc2ccc(OC)cc2c1NCCCN1CCOCC1. The zero-order chi connectivity index (χ0) is 19.1. The average Bonchev–Trinajstić information content (AvgIpc) is 2.71. The Morgan fingerprint density at radius 3 is 2.89 bits per heavy atom. The van der Waals surface area contributed by atoms with Gasteiger partial charge in [0, 0.05) is 31.2 Å². The van der Waals surface area contributed by atoms with Crippen LogP contribution in [0.15, 0.2) is 24.4 Å². The predicted molar refractivity (Wildman–Crippen MR) is 105 cm³/mol. The zero-order valence-electron chi connectivity index (χ0n) is 16.0. The van der Waals surface area contributed by atoms with Crippen molar-refractivity contribution in [3.05, 3.63) is 30.0 Å². The largest absolute Gasteiger partial charge is 0.497 e. The van der Waals surface area contributed by atoms with Gasteiger partial charge in [0.25, 0.3) is 0 Å². The topological polar surface area (TPSA) is 72.9 Å². The minimum Gasteiger partial charge on any atom is -0.497 e. The van der Waals surface area contributed by atoms with Gasteiger partial charge in [-0.15, -0.1) is 0 Å². The summed E-state index contributed by atoms with van der Waals surface area (Å²) < 4.78 is 15.9. The molecule has 3 rings (SSSR count). The molecule has 146 valence electrons. The van der Waals surface area contributed by atoms with Crippen LogP contribution in [0.5, 0.6) is 5.75 Å². The first kappa shape index (κ1) is 19.4. The summed E-state index contributed by atoms with van der Waals surface area (Å²) in [4.78, 5) is 19.2. The smallest absolute Gasteiger partial charge is 0.341 e. The summed E-state index contributed by atoms with van der Waals surface area (Å²) in [6.07, 6.45) is 2.55.